The fourth-order valence-corrected chi connectivity index (χ4v) is 3.47. The van der Waals surface area contributed by atoms with Crippen LogP contribution in [0.2, 0.25) is 0 Å². The van der Waals surface area contributed by atoms with Gasteiger partial charge >= 0.3 is 5.97 Å². The molecule has 0 aliphatic heterocycles. The van der Waals surface area contributed by atoms with Crippen molar-refractivity contribution < 1.29 is 19.0 Å². The van der Waals surface area contributed by atoms with E-state index >= 15 is 0 Å². The third-order valence-corrected chi connectivity index (χ3v) is 5.10. The number of alkyl halides is 1. The van der Waals surface area contributed by atoms with E-state index in [2.05, 4.69) is 47.8 Å². The molecular weight excluding hydrogens is 369 g/mol. The van der Waals surface area contributed by atoms with E-state index in [1.54, 1.807) is 0 Å². The van der Waals surface area contributed by atoms with E-state index < -0.39 is 12.1 Å². The Morgan fingerprint density at radius 3 is 2.76 bits per heavy atom. The van der Waals surface area contributed by atoms with E-state index in [0.29, 0.717) is 13.2 Å². The van der Waals surface area contributed by atoms with Gasteiger partial charge in [0.1, 0.15) is 5.75 Å². The zero-order chi connectivity index (χ0) is 20.5. The highest BCUT2D eigenvalue weighted by Gasteiger charge is 2.16. The van der Waals surface area contributed by atoms with Crippen LogP contribution in [0.5, 0.6) is 5.75 Å². The van der Waals surface area contributed by atoms with Gasteiger partial charge in [-0.3, -0.25) is 0 Å². The average molecular weight is 397 g/mol. The van der Waals surface area contributed by atoms with Gasteiger partial charge in [0.2, 0.25) is 6.17 Å². The normalized spacial score (nSPS) is 14.0. The molecule has 154 valence electrons. The molecule has 2 N–H and O–H groups in total. The Hall–Kier alpha value is -2.66. The van der Waals surface area contributed by atoms with E-state index in [1.807, 2.05) is 12.1 Å². The molecule has 0 saturated carbocycles. The van der Waals surface area contributed by atoms with E-state index in [0.717, 1.165) is 49.0 Å². The first-order valence-electron chi connectivity index (χ1n) is 10.2. The number of fused-ring (bicyclic) bond motifs is 1. The Kier molecular flexibility index (Phi) is 7.82. The summed E-state index contributed by atoms with van der Waals surface area (Å²) in [5.74, 6) is -0.520. The Labute approximate surface area is 171 Å². The lowest BCUT2D eigenvalue weighted by atomic mass is 9.92. The van der Waals surface area contributed by atoms with Crippen LogP contribution in [0.15, 0.2) is 54.1 Å². The van der Waals surface area contributed by atoms with E-state index in [9.17, 15) is 9.18 Å². The van der Waals surface area contributed by atoms with Crippen LogP contribution in [-0.2, 0) is 17.6 Å². The number of hydrogen-bond acceptors (Lipinski definition) is 3. The summed E-state index contributed by atoms with van der Waals surface area (Å²) in [6.45, 7) is 1.05. The molecule has 0 bridgehead atoms. The van der Waals surface area contributed by atoms with Crippen molar-refractivity contribution in [3.05, 3.63) is 70.8 Å². The molecular formula is C24H28FNO3. The summed E-state index contributed by atoms with van der Waals surface area (Å²) in [5.41, 5.74) is 4.93. The van der Waals surface area contributed by atoms with Gasteiger partial charge in [-0.1, -0.05) is 48.0 Å². The molecule has 29 heavy (non-hydrogen) atoms. The van der Waals surface area contributed by atoms with Gasteiger partial charge in [0, 0.05) is 13.1 Å². The summed E-state index contributed by atoms with van der Waals surface area (Å²) in [5, 5.41) is 11.5. The molecule has 3 rings (SSSR count). The van der Waals surface area contributed by atoms with Crippen LogP contribution in [0.3, 0.4) is 0 Å². The lowest BCUT2D eigenvalue weighted by Crippen LogP contribution is -2.31. The van der Waals surface area contributed by atoms with Crippen molar-refractivity contribution in [2.75, 3.05) is 19.7 Å². The van der Waals surface area contributed by atoms with Crippen molar-refractivity contribution in [3.63, 3.8) is 0 Å². The minimum atomic E-state index is -1.86. The van der Waals surface area contributed by atoms with Gasteiger partial charge in [-0.15, -0.1) is 0 Å². The van der Waals surface area contributed by atoms with E-state index in [1.165, 1.54) is 11.1 Å². The predicted molar refractivity (Wildman–Crippen MR) is 113 cm³/mol. The minimum absolute atomic E-state index is 0.170. The fraction of sp³-hybridized carbons (Fsp3) is 0.375. The van der Waals surface area contributed by atoms with Crippen molar-refractivity contribution in [1.29, 1.82) is 0 Å². The number of aliphatic carboxylic acids is 1. The summed E-state index contributed by atoms with van der Waals surface area (Å²) in [7, 11) is 0. The number of ether oxygens (including phenoxy) is 1. The van der Waals surface area contributed by atoms with E-state index in [4.69, 9.17) is 9.84 Å². The Balaban J connectivity index is 1.42. The zero-order valence-electron chi connectivity index (χ0n) is 16.6. The molecule has 0 saturated heterocycles. The van der Waals surface area contributed by atoms with Gasteiger partial charge in [0.05, 0.1) is 6.61 Å². The number of hydrogen-bond donors (Lipinski definition) is 2. The molecule has 5 heteroatoms. The van der Waals surface area contributed by atoms with Gasteiger partial charge in [-0.2, -0.15) is 0 Å². The topological polar surface area (TPSA) is 58.6 Å². The standard InChI is InChI=1S/C24H28FNO3/c25-23(24(27)28)17-26-16-19-9-10-21-15-22(12-11-20(21)14-19)29-13-5-4-8-18-6-2-1-3-7-18/h1-3,6-7,11-12,14-15,23,26H,4-5,8-10,13,16-17H2,(H,27,28). The number of carboxylic acids is 1. The van der Waals surface area contributed by atoms with Crippen molar-refractivity contribution >= 4 is 12.0 Å². The molecule has 1 aliphatic rings. The highest BCUT2D eigenvalue weighted by molar-refractivity contribution is 5.72. The third-order valence-electron chi connectivity index (χ3n) is 5.10. The molecule has 4 nitrogen and oxygen atoms in total. The van der Waals surface area contributed by atoms with Gasteiger partial charge in [0.15, 0.2) is 0 Å². The molecule has 0 amide bonds. The lowest BCUT2D eigenvalue weighted by molar-refractivity contribution is -0.142. The molecule has 2 aromatic rings. The zero-order valence-corrected chi connectivity index (χ0v) is 16.6. The van der Waals surface area contributed by atoms with Crippen LogP contribution in [0, 0.1) is 0 Å². The van der Waals surface area contributed by atoms with Crippen molar-refractivity contribution in [1.82, 2.24) is 5.32 Å². The molecule has 0 radical (unpaired) electrons. The maximum atomic E-state index is 13.1. The highest BCUT2D eigenvalue weighted by Crippen LogP contribution is 2.27. The Bertz CT molecular complexity index is 835. The van der Waals surface area contributed by atoms with Crippen molar-refractivity contribution in [2.45, 2.75) is 38.3 Å². The van der Waals surface area contributed by atoms with Crippen LogP contribution in [-0.4, -0.2) is 36.9 Å². The first kappa shape index (κ1) is 21.1. The van der Waals surface area contributed by atoms with Crippen LogP contribution >= 0.6 is 0 Å². The van der Waals surface area contributed by atoms with E-state index in [-0.39, 0.29) is 6.54 Å². The second-order valence-corrected chi connectivity index (χ2v) is 7.39. The number of rotatable bonds is 11. The molecule has 0 spiro atoms. The minimum Gasteiger partial charge on any atom is -0.494 e. The quantitative estimate of drug-likeness (QED) is 0.551. The molecule has 1 atom stereocenters. The molecule has 0 aromatic heterocycles. The lowest BCUT2D eigenvalue weighted by Gasteiger charge is -2.18. The maximum Gasteiger partial charge on any atom is 0.339 e. The third kappa shape index (κ3) is 6.71. The SMILES string of the molecule is O=C(O)C(F)CNCC1=Cc2ccc(OCCCCc3ccccc3)cc2CC1. The van der Waals surface area contributed by atoms with Gasteiger partial charge in [-0.25, -0.2) is 9.18 Å². The van der Waals surface area contributed by atoms with Crippen LogP contribution in [0.25, 0.3) is 6.08 Å². The summed E-state index contributed by atoms with van der Waals surface area (Å²) in [6.07, 6.45) is 5.23. The van der Waals surface area contributed by atoms with Crippen molar-refractivity contribution in [3.8, 4) is 5.75 Å². The number of benzene rings is 2. The number of carbonyl (C=O) groups is 1. The number of halogens is 1. The summed E-state index contributed by atoms with van der Waals surface area (Å²) in [4.78, 5) is 10.5. The Morgan fingerprint density at radius 1 is 1.14 bits per heavy atom. The molecule has 0 heterocycles. The second kappa shape index (κ2) is 10.8. The van der Waals surface area contributed by atoms with Gasteiger partial charge < -0.3 is 15.2 Å². The fourth-order valence-electron chi connectivity index (χ4n) is 3.47. The van der Waals surface area contributed by atoms with Crippen LogP contribution < -0.4 is 10.1 Å². The first-order chi connectivity index (χ1) is 14.1. The first-order valence-corrected chi connectivity index (χ1v) is 10.2. The number of carboxylic acid groups (broad SMARTS) is 1. The second-order valence-electron chi connectivity index (χ2n) is 7.39. The monoisotopic (exact) mass is 397 g/mol. The molecule has 2 aromatic carbocycles. The largest absolute Gasteiger partial charge is 0.494 e. The van der Waals surface area contributed by atoms with Crippen LogP contribution in [0.4, 0.5) is 4.39 Å². The number of unbranched alkanes of at least 4 members (excludes halogenated alkanes) is 1. The maximum absolute atomic E-state index is 13.1. The number of nitrogens with one attached hydrogen (secondary N) is 1. The average Bonchev–Trinajstić information content (AvgIpc) is 2.74. The van der Waals surface area contributed by atoms with Crippen LogP contribution in [0.1, 0.15) is 36.0 Å². The summed E-state index contributed by atoms with van der Waals surface area (Å²) < 4.78 is 19.0. The molecule has 1 unspecified atom stereocenters. The molecule has 1 aliphatic carbocycles. The highest BCUT2D eigenvalue weighted by atomic mass is 19.1. The molecule has 0 fully saturated rings. The Morgan fingerprint density at radius 2 is 1.97 bits per heavy atom. The van der Waals surface area contributed by atoms with Gasteiger partial charge in [-0.05, 0) is 60.9 Å². The van der Waals surface area contributed by atoms with Crippen molar-refractivity contribution in [2.24, 2.45) is 0 Å². The van der Waals surface area contributed by atoms with Gasteiger partial charge in [0.25, 0.3) is 0 Å². The number of aryl methyl sites for hydroxylation is 2. The smallest absolute Gasteiger partial charge is 0.339 e. The summed E-state index contributed by atoms with van der Waals surface area (Å²) >= 11 is 0. The summed E-state index contributed by atoms with van der Waals surface area (Å²) in [6, 6.07) is 16.7. The predicted octanol–water partition coefficient (Wildman–Crippen LogP) is 4.43.